The summed E-state index contributed by atoms with van der Waals surface area (Å²) in [5, 5.41) is 10.6. The molecule has 2 aliphatic rings. The van der Waals surface area contributed by atoms with Crippen molar-refractivity contribution in [1.29, 1.82) is 0 Å². The van der Waals surface area contributed by atoms with Crippen molar-refractivity contribution < 1.29 is 4.79 Å². The van der Waals surface area contributed by atoms with E-state index in [0.717, 1.165) is 61.4 Å². The largest absolute Gasteiger partial charge is 0.364 e. The molecule has 35 heavy (non-hydrogen) atoms. The number of anilines is 3. The number of halogens is 1. The molecule has 3 N–H and O–H groups in total. The number of likely N-dealkylation sites (tertiary alicyclic amines) is 1. The van der Waals surface area contributed by atoms with Crippen LogP contribution in [0.1, 0.15) is 44.2 Å². The van der Waals surface area contributed by atoms with E-state index in [4.69, 9.17) is 16.6 Å². The number of piperidine rings is 1. The number of carbonyl (C=O) groups excluding carboxylic acids is 1. The van der Waals surface area contributed by atoms with Crippen LogP contribution in [-0.4, -0.2) is 42.9 Å². The highest BCUT2D eigenvalue weighted by atomic mass is 35.5. The Balaban J connectivity index is 1.59. The molecule has 2 aromatic carbocycles. The first kappa shape index (κ1) is 25.3. The SMILES string of the molecule is C/C=C(Cl)\C1=N/C(C)Nc2cccc(c2)CCc2cc(ccc2NC(=O)CC2CCN(C)CC2)N1. The molecule has 1 unspecified atom stereocenters. The number of hydrogen-bond donors (Lipinski definition) is 3. The van der Waals surface area contributed by atoms with Crippen molar-refractivity contribution in [3.05, 3.63) is 64.7 Å². The van der Waals surface area contributed by atoms with Crippen LogP contribution in [0.25, 0.3) is 0 Å². The fourth-order valence-electron chi connectivity index (χ4n) is 4.72. The Bertz CT molecular complexity index is 1100. The van der Waals surface area contributed by atoms with Crippen LogP contribution in [0.3, 0.4) is 0 Å². The second-order valence-electron chi connectivity index (χ2n) is 9.63. The van der Waals surface area contributed by atoms with Crippen molar-refractivity contribution in [2.45, 2.75) is 52.1 Å². The first-order chi connectivity index (χ1) is 16.9. The van der Waals surface area contributed by atoms with Crippen LogP contribution in [0.2, 0.25) is 0 Å². The molecule has 6 nitrogen and oxygen atoms in total. The molecule has 0 aliphatic carbocycles. The van der Waals surface area contributed by atoms with Crippen molar-refractivity contribution in [2.75, 3.05) is 36.1 Å². The maximum absolute atomic E-state index is 12.9. The predicted molar refractivity (Wildman–Crippen MR) is 148 cm³/mol. The minimum atomic E-state index is -0.167. The zero-order valence-corrected chi connectivity index (χ0v) is 21.7. The lowest BCUT2D eigenvalue weighted by Crippen LogP contribution is -2.32. The Morgan fingerprint density at radius 2 is 1.97 bits per heavy atom. The lowest BCUT2D eigenvalue weighted by atomic mass is 9.93. The Kier molecular flexibility index (Phi) is 8.47. The van der Waals surface area contributed by atoms with Gasteiger partial charge in [0.15, 0.2) is 0 Å². The summed E-state index contributed by atoms with van der Waals surface area (Å²) in [7, 11) is 2.14. The summed E-state index contributed by atoms with van der Waals surface area (Å²) in [6.45, 7) is 6.02. The topological polar surface area (TPSA) is 68.8 Å². The van der Waals surface area contributed by atoms with Crippen molar-refractivity contribution in [3.63, 3.8) is 0 Å². The average molecular weight is 494 g/mol. The number of amides is 1. The standard InChI is InChI=1S/C28H36ClN5O/c1-4-25(29)28-31-19(2)30-23-7-5-6-20(16-23)8-9-22-18-24(32-28)10-11-26(22)33-27(35)17-21-12-14-34(3)15-13-21/h4-7,10-11,16,18-19,21,30H,8-9,12-15,17H2,1-3H3,(H,31,32)(H,33,35)/b25-4+. The molecule has 4 rings (SSSR count). The molecular formula is C28H36ClN5O. The van der Waals surface area contributed by atoms with E-state index in [1.165, 1.54) is 5.56 Å². The summed E-state index contributed by atoms with van der Waals surface area (Å²) >= 11 is 6.49. The van der Waals surface area contributed by atoms with Gasteiger partial charge in [0.25, 0.3) is 0 Å². The van der Waals surface area contributed by atoms with Gasteiger partial charge in [-0.2, -0.15) is 0 Å². The van der Waals surface area contributed by atoms with Crippen LogP contribution in [0.15, 0.2) is 58.6 Å². The van der Waals surface area contributed by atoms with E-state index in [2.05, 4.69) is 52.2 Å². The van der Waals surface area contributed by atoms with Crippen molar-refractivity contribution in [1.82, 2.24) is 4.90 Å². The molecule has 0 saturated carbocycles. The number of rotatable bonds is 4. The second kappa shape index (κ2) is 11.7. The number of fused-ring (bicyclic) bond motifs is 4. The van der Waals surface area contributed by atoms with E-state index in [0.29, 0.717) is 23.2 Å². The molecule has 0 aromatic heterocycles. The molecular weight excluding hydrogens is 458 g/mol. The third-order valence-corrected chi connectivity index (χ3v) is 7.14. The average Bonchev–Trinajstić information content (AvgIpc) is 2.84. The molecule has 1 fully saturated rings. The van der Waals surface area contributed by atoms with Crippen LogP contribution >= 0.6 is 11.6 Å². The van der Waals surface area contributed by atoms with Gasteiger partial charge in [-0.15, -0.1) is 0 Å². The molecule has 2 heterocycles. The minimum Gasteiger partial charge on any atom is -0.364 e. The highest BCUT2D eigenvalue weighted by molar-refractivity contribution is 6.44. The Morgan fingerprint density at radius 1 is 1.17 bits per heavy atom. The second-order valence-corrected chi connectivity index (χ2v) is 10.0. The molecule has 4 bridgehead atoms. The van der Waals surface area contributed by atoms with E-state index in [1.54, 1.807) is 0 Å². The summed E-state index contributed by atoms with van der Waals surface area (Å²) in [6, 6.07) is 14.5. The number of aryl methyl sites for hydroxylation is 2. The van der Waals surface area contributed by atoms with Crippen LogP contribution in [0, 0.1) is 5.92 Å². The molecule has 0 radical (unpaired) electrons. The van der Waals surface area contributed by atoms with Gasteiger partial charge >= 0.3 is 0 Å². The quantitative estimate of drug-likeness (QED) is 0.498. The zero-order chi connectivity index (χ0) is 24.8. The lowest BCUT2D eigenvalue weighted by molar-refractivity contribution is -0.117. The first-order valence-corrected chi connectivity index (χ1v) is 12.9. The van der Waals surface area contributed by atoms with Gasteiger partial charge in [0, 0.05) is 23.5 Å². The molecule has 1 saturated heterocycles. The van der Waals surface area contributed by atoms with Gasteiger partial charge in [0.05, 0.1) is 5.03 Å². The van der Waals surface area contributed by atoms with E-state index in [9.17, 15) is 4.79 Å². The van der Waals surface area contributed by atoms with Gasteiger partial charge in [-0.05, 0) is 107 Å². The van der Waals surface area contributed by atoms with E-state index < -0.39 is 0 Å². The van der Waals surface area contributed by atoms with E-state index in [-0.39, 0.29) is 12.1 Å². The van der Waals surface area contributed by atoms with Gasteiger partial charge in [0.2, 0.25) is 5.91 Å². The normalized spacial score (nSPS) is 21.3. The van der Waals surface area contributed by atoms with Crippen LogP contribution in [-0.2, 0) is 17.6 Å². The maximum atomic E-state index is 12.9. The Hall–Kier alpha value is -2.83. The van der Waals surface area contributed by atoms with Crippen molar-refractivity contribution >= 4 is 40.4 Å². The monoisotopic (exact) mass is 493 g/mol. The zero-order valence-electron chi connectivity index (χ0n) is 20.9. The van der Waals surface area contributed by atoms with Gasteiger partial charge in [-0.1, -0.05) is 29.8 Å². The number of nitrogens with one attached hydrogen (secondary N) is 3. The number of nitrogens with zero attached hydrogens (tertiary/aromatic N) is 2. The summed E-state index contributed by atoms with van der Waals surface area (Å²) in [4.78, 5) is 20.0. The third kappa shape index (κ3) is 7.09. The van der Waals surface area contributed by atoms with Gasteiger partial charge in [-0.3, -0.25) is 4.79 Å². The number of aliphatic imine (C=N–C) groups is 1. The highest BCUT2D eigenvalue weighted by Crippen LogP contribution is 2.26. The predicted octanol–water partition coefficient (Wildman–Crippen LogP) is 5.87. The molecule has 0 spiro atoms. The summed E-state index contributed by atoms with van der Waals surface area (Å²) in [5.41, 5.74) is 5.12. The van der Waals surface area contributed by atoms with E-state index in [1.807, 2.05) is 38.1 Å². The number of benzene rings is 2. The minimum absolute atomic E-state index is 0.0960. The summed E-state index contributed by atoms with van der Waals surface area (Å²) < 4.78 is 0. The van der Waals surface area contributed by atoms with Crippen molar-refractivity contribution in [3.8, 4) is 0 Å². The molecule has 1 amide bonds. The maximum Gasteiger partial charge on any atom is 0.224 e. The van der Waals surface area contributed by atoms with Crippen molar-refractivity contribution in [2.24, 2.45) is 10.9 Å². The summed E-state index contributed by atoms with van der Waals surface area (Å²) in [6.07, 6.45) is 6.08. The van der Waals surface area contributed by atoms with Gasteiger partial charge in [0.1, 0.15) is 12.0 Å². The smallest absolute Gasteiger partial charge is 0.224 e. The fourth-order valence-corrected chi connectivity index (χ4v) is 4.82. The van der Waals surface area contributed by atoms with E-state index >= 15 is 0 Å². The Morgan fingerprint density at radius 3 is 2.74 bits per heavy atom. The number of hydrogen-bond acceptors (Lipinski definition) is 5. The highest BCUT2D eigenvalue weighted by Gasteiger charge is 2.20. The molecule has 7 heteroatoms. The summed E-state index contributed by atoms with van der Waals surface area (Å²) in [5.74, 6) is 1.16. The van der Waals surface area contributed by atoms with Gasteiger partial charge in [-0.25, -0.2) is 4.99 Å². The number of allylic oxidation sites excluding steroid dienone is 1. The third-order valence-electron chi connectivity index (χ3n) is 6.74. The lowest BCUT2D eigenvalue weighted by Gasteiger charge is -2.28. The fraction of sp³-hybridized carbons (Fsp3) is 0.429. The first-order valence-electron chi connectivity index (χ1n) is 12.5. The number of amidine groups is 1. The van der Waals surface area contributed by atoms with Crippen LogP contribution in [0.5, 0.6) is 0 Å². The molecule has 1 atom stereocenters. The van der Waals surface area contributed by atoms with Crippen LogP contribution < -0.4 is 16.0 Å². The molecule has 186 valence electrons. The number of carbonyl (C=O) groups is 1. The Labute approximate surface area is 213 Å². The van der Waals surface area contributed by atoms with Crippen LogP contribution in [0.4, 0.5) is 17.1 Å². The molecule has 2 aliphatic heterocycles. The van der Waals surface area contributed by atoms with Gasteiger partial charge < -0.3 is 20.9 Å². The molecule has 2 aromatic rings.